The van der Waals surface area contributed by atoms with Crippen molar-refractivity contribution in [2.75, 3.05) is 13.1 Å². The van der Waals surface area contributed by atoms with Crippen molar-refractivity contribution in [3.05, 3.63) is 23.9 Å². The van der Waals surface area contributed by atoms with E-state index in [4.69, 9.17) is 4.74 Å². The SMILES string of the molecule is CCc1ncc(S(=O)(=O)N2CC[C@H]3[C@H](C2)OCc2cnnn23)[nH]1. The summed E-state index contributed by atoms with van der Waals surface area (Å²) in [5.74, 6) is 0.666. The largest absolute Gasteiger partial charge is 0.368 e. The van der Waals surface area contributed by atoms with Gasteiger partial charge < -0.3 is 9.72 Å². The fraction of sp³-hybridized carbons (Fsp3) is 0.615. The summed E-state index contributed by atoms with van der Waals surface area (Å²) in [4.78, 5) is 6.96. The van der Waals surface area contributed by atoms with Gasteiger partial charge >= 0.3 is 0 Å². The molecule has 1 N–H and O–H groups in total. The first-order valence-electron chi connectivity index (χ1n) is 7.64. The summed E-state index contributed by atoms with van der Waals surface area (Å²) in [6, 6.07) is 0.0423. The van der Waals surface area contributed by atoms with Gasteiger partial charge in [0.2, 0.25) is 0 Å². The van der Waals surface area contributed by atoms with E-state index < -0.39 is 10.0 Å². The van der Waals surface area contributed by atoms with E-state index in [-0.39, 0.29) is 17.2 Å². The van der Waals surface area contributed by atoms with Crippen molar-refractivity contribution in [2.24, 2.45) is 0 Å². The number of aromatic amines is 1. The minimum absolute atomic E-state index is 0.0423. The van der Waals surface area contributed by atoms with Crippen LogP contribution in [0.15, 0.2) is 17.4 Å². The average molecular weight is 338 g/mol. The van der Waals surface area contributed by atoms with Crippen LogP contribution in [-0.4, -0.2) is 56.9 Å². The van der Waals surface area contributed by atoms with Gasteiger partial charge in [0.1, 0.15) is 5.82 Å². The molecule has 0 spiro atoms. The van der Waals surface area contributed by atoms with Crippen molar-refractivity contribution in [2.45, 2.75) is 43.5 Å². The summed E-state index contributed by atoms with van der Waals surface area (Å²) in [6.07, 6.45) is 4.18. The zero-order chi connectivity index (χ0) is 16.0. The number of H-pyrrole nitrogens is 1. The molecule has 4 heterocycles. The smallest absolute Gasteiger partial charge is 0.260 e. The lowest BCUT2D eigenvalue weighted by molar-refractivity contribution is -0.0544. The Labute approximate surface area is 133 Å². The number of nitrogens with one attached hydrogen (secondary N) is 1. The monoisotopic (exact) mass is 338 g/mol. The molecule has 2 aliphatic heterocycles. The number of hydrogen-bond acceptors (Lipinski definition) is 6. The third-order valence-electron chi connectivity index (χ3n) is 4.45. The summed E-state index contributed by atoms with van der Waals surface area (Å²) in [5, 5.41) is 8.16. The summed E-state index contributed by atoms with van der Waals surface area (Å²) in [6.45, 7) is 3.07. The van der Waals surface area contributed by atoms with Crippen LogP contribution in [-0.2, 0) is 27.8 Å². The highest BCUT2D eigenvalue weighted by Crippen LogP contribution is 2.32. The molecule has 2 aliphatic rings. The minimum atomic E-state index is -3.58. The molecular formula is C13H18N6O3S. The Kier molecular flexibility index (Phi) is 3.47. The van der Waals surface area contributed by atoms with Gasteiger partial charge in [0, 0.05) is 19.5 Å². The lowest BCUT2D eigenvalue weighted by Gasteiger charge is -2.40. The van der Waals surface area contributed by atoms with Crippen molar-refractivity contribution in [3.63, 3.8) is 0 Å². The maximum atomic E-state index is 12.8. The number of fused-ring (bicyclic) bond motifs is 3. The third kappa shape index (κ3) is 2.37. The van der Waals surface area contributed by atoms with Crippen LogP contribution in [0, 0.1) is 0 Å². The number of aromatic nitrogens is 5. The van der Waals surface area contributed by atoms with Crippen molar-refractivity contribution < 1.29 is 13.2 Å². The summed E-state index contributed by atoms with van der Waals surface area (Å²) in [7, 11) is -3.58. The predicted octanol–water partition coefficient (Wildman–Crippen LogP) is 0.0981. The predicted molar refractivity (Wildman–Crippen MR) is 79.0 cm³/mol. The number of sulfonamides is 1. The molecule has 9 nitrogen and oxygen atoms in total. The molecule has 2 aromatic rings. The van der Waals surface area contributed by atoms with Gasteiger partial charge in [0.05, 0.1) is 36.8 Å². The molecule has 0 radical (unpaired) electrons. The van der Waals surface area contributed by atoms with Crippen LogP contribution in [0.3, 0.4) is 0 Å². The van der Waals surface area contributed by atoms with Crippen molar-refractivity contribution in [3.8, 4) is 0 Å². The van der Waals surface area contributed by atoms with Crippen molar-refractivity contribution in [1.29, 1.82) is 0 Å². The first-order valence-corrected chi connectivity index (χ1v) is 9.08. The number of imidazole rings is 1. The third-order valence-corrected chi connectivity index (χ3v) is 6.23. The van der Waals surface area contributed by atoms with Crippen LogP contribution in [0.2, 0.25) is 0 Å². The van der Waals surface area contributed by atoms with Gasteiger partial charge in [0.25, 0.3) is 10.0 Å². The van der Waals surface area contributed by atoms with E-state index in [0.29, 0.717) is 38.4 Å². The Morgan fingerprint density at radius 1 is 1.43 bits per heavy atom. The van der Waals surface area contributed by atoms with E-state index in [0.717, 1.165) is 5.69 Å². The maximum absolute atomic E-state index is 12.8. The molecule has 23 heavy (non-hydrogen) atoms. The zero-order valence-electron chi connectivity index (χ0n) is 12.7. The van der Waals surface area contributed by atoms with Gasteiger partial charge in [-0.15, -0.1) is 5.10 Å². The van der Waals surface area contributed by atoms with E-state index in [1.165, 1.54) is 10.5 Å². The quantitative estimate of drug-likeness (QED) is 0.851. The Hall–Kier alpha value is -1.78. The van der Waals surface area contributed by atoms with E-state index in [1.807, 2.05) is 11.6 Å². The summed E-state index contributed by atoms with van der Waals surface area (Å²) >= 11 is 0. The van der Waals surface area contributed by atoms with Crippen molar-refractivity contribution in [1.82, 2.24) is 29.3 Å². The fourth-order valence-corrected chi connectivity index (χ4v) is 4.57. The van der Waals surface area contributed by atoms with Crippen LogP contribution >= 0.6 is 0 Å². The number of ether oxygens (including phenoxy) is 1. The second kappa shape index (κ2) is 5.39. The topological polar surface area (TPSA) is 106 Å². The Balaban J connectivity index is 1.57. The van der Waals surface area contributed by atoms with Gasteiger partial charge in [-0.3, -0.25) is 0 Å². The molecule has 0 amide bonds. The number of aryl methyl sites for hydroxylation is 1. The first kappa shape index (κ1) is 14.8. The molecule has 124 valence electrons. The number of piperidine rings is 1. The summed E-state index contributed by atoms with van der Waals surface area (Å²) < 4.78 is 34.6. The maximum Gasteiger partial charge on any atom is 0.260 e. The molecule has 0 aromatic carbocycles. The second-order valence-electron chi connectivity index (χ2n) is 5.79. The van der Waals surface area contributed by atoms with E-state index in [1.54, 1.807) is 6.20 Å². The molecule has 0 aliphatic carbocycles. The van der Waals surface area contributed by atoms with Gasteiger partial charge in [-0.05, 0) is 6.42 Å². The first-order chi connectivity index (χ1) is 11.1. The number of rotatable bonds is 3. The van der Waals surface area contributed by atoms with Gasteiger partial charge in [0.15, 0.2) is 5.03 Å². The molecular weight excluding hydrogens is 320 g/mol. The second-order valence-corrected chi connectivity index (χ2v) is 7.69. The van der Waals surface area contributed by atoms with Gasteiger partial charge in [-0.2, -0.15) is 4.31 Å². The lowest BCUT2D eigenvalue weighted by Crippen LogP contribution is -2.50. The van der Waals surface area contributed by atoms with Crippen LogP contribution in [0.4, 0.5) is 0 Å². The van der Waals surface area contributed by atoms with Crippen LogP contribution in [0.1, 0.15) is 30.9 Å². The minimum Gasteiger partial charge on any atom is -0.368 e. The highest BCUT2D eigenvalue weighted by molar-refractivity contribution is 7.89. The Morgan fingerprint density at radius 3 is 3.09 bits per heavy atom. The average Bonchev–Trinajstić information content (AvgIpc) is 3.23. The fourth-order valence-electron chi connectivity index (χ4n) is 3.17. The molecule has 0 unspecified atom stereocenters. The molecule has 10 heteroatoms. The Morgan fingerprint density at radius 2 is 2.30 bits per heavy atom. The molecule has 4 rings (SSSR count). The van der Waals surface area contributed by atoms with E-state index in [9.17, 15) is 8.42 Å². The standard InChI is InChI=1S/C13H18N6O3S/c1-2-12-14-6-13(16-12)23(20,21)18-4-3-10-11(7-18)22-8-9-5-15-17-19(9)10/h5-6,10-11H,2-4,7-8H2,1H3,(H,14,16)/t10-,11-/m0/s1. The molecule has 0 saturated carbocycles. The van der Waals surface area contributed by atoms with Gasteiger partial charge in [-0.25, -0.2) is 18.1 Å². The van der Waals surface area contributed by atoms with E-state index >= 15 is 0 Å². The van der Waals surface area contributed by atoms with Crippen molar-refractivity contribution >= 4 is 10.0 Å². The molecule has 0 bridgehead atoms. The van der Waals surface area contributed by atoms with Crippen LogP contribution < -0.4 is 0 Å². The molecule has 1 fully saturated rings. The summed E-state index contributed by atoms with van der Waals surface area (Å²) in [5.41, 5.74) is 0.934. The molecule has 1 saturated heterocycles. The lowest BCUT2D eigenvalue weighted by atomic mass is 10.0. The number of nitrogens with zero attached hydrogens (tertiary/aromatic N) is 5. The van der Waals surface area contributed by atoms with Gasteiger partial charge in [-0.1, -0.05) is 12.1 Å². The molecule has 2 atom stereocenters. The van der Waals surface area contributed by atoms with Crippen LogP contribution in [0.5, 0.6) is 0 Å². The highest BCUT2D eigenvalue weighted by atomic mass is 32.2. The van der Waals surface area contributed by atoms with Crippen LogP contribution in [0.25, 0.3) is 0 Å². The zero-order valence-corrected chi connectivity index (χ0v) is 13.5. The highest BCUT2D eigenvalue weighted by Gasteiger charge is 2.40. The van der Waals surface area contributed by atoms with E-state index in [2.05, 4.69) is 20.3 Å². The number of hydrogen-bond donors (Lipinski definition) is 1. The Bertz CT molecular complexity index is 813. The molecule has 2 aromatic heterocycles. The normalized spacial score (nSPS) is 25.1.